The molecule has 2 aromatic heterocycles. The van der Waals surface area contributed by atoms with Gasteiger partial charge in [-0.3, -0.25) is 4.68 Å². The molecule has 0 spiro atoms. The number of aromatic nitrogens is 5. The fraction of sp³-hybridized carbons (Fsp3) is 0.438. The van der Waals surface area contributed by atoms with Gasteiger partial charge in [0.2, 0.25) is 0 Å². The fourth-order valence-corrected chi connectivity index (χ4v) is 3.24. The van der Waals surface area contributed by atoms with Crippen molar-refractivity contribution in [3.63, 3.8) is 0 Å². The molecule has 0 saturated carbocycles. The van der Waals surface area contributed by atoms with E-state index in [0.717, 1.165) is 11.6 Å². The molecule has 1 aromatic carbocycles. The highest BCUT2D eigenvalue weighted by Crippen LogP contribution is 2.37. The van der Waals surface area contributed by atoms with Crippen LogP contribution in [0.4, 0.5) is 13.2 Å². The van der Waals surface area contributed by atoms with Crippen molar-refractivity contribution in [3.8, 4) is 11.3 Å². The van der Waals surface area contributed by atoms with Crippen LogP contribution < -0.4 is 0 Å². The number of benzene rings is 1. The second-order valence-corrected chi connectivity index (χ2v) is 7.93. The molecule has 0 N–H and O–H groups in total. The summed E-state index contributed by atoms with van der Waals surface area (Å²) in [6.45, 7) is 6.97. The van der Waals surface area contributed by atoms with E-state index in [2.05, 4.69) is 52.1 Å². The van der Waals surface area contributed by atoms with Crippen LogP contribution in [-0.4, -0.2) is 24.8 Å². The third kappa shape index (κ3) is 3.42. The topological polar surface area (TPSA) is 48.5 Å². The van der Waals surface area contributed by atoms with Crippen molar-refractivity contribution in [1.82, 2.24) is 24.8 Å². The van der Waals surface area contributed by atoms with E-state index in [-0.39, 0.29) is 5.41 Å². The maximum Gasteiger partial charge on any atom is 0.435 e. The highest BCUT2D eigenvalue weighted by molar-refractivity contribution is 9.10. The van der Waals surface area contributed by atoms with E-state index in [1.807, 2.05) is 6.07 Å². The molecule has 0 aliphatic rings. The molecule has 0 aliphatic heterocycles. The Morgan fingerprint density at radius 3 is 2.40 bits per heavy atom. The minimum atomic E-state index is -4.48. The van der Waals surface area contributed by atoms with Crippen LogP contribution in [0.1, 0.15) is 26.5 Å². The second-order valence-electron chi connectivity index (χ2n) is 7.14. The summed E-state index contributed by atoms with van der Waals surface area (Å²) in [5, 5.41) is 11.9. The van der Waals surface area contributed by atoms with Crippen LogP contribution in [0.3, 0.4) is 0 Å². The zero-order chi connectivity index (χ0) is 18.6. The number of fused-ring (bicyclic) bond motifs is 1. The Morgan fingerprint density at radius 2 is 1.84 bits per heavy atom. The summed E-state index contributed by atoms with van der Waals surface area (Å²) in [6.07, 6.45) is -4.48. The quantitative estimate of drug-likeness (QED) is 0.611. The summed E-state index contributed by atoms with van der Waals surface area (Å²) in [5.74, 6) is 0. The average molecular weight is 416 g/mol. The van der Waals surface area contributed by atoms with Crippen LogP contribution in [0.2, 0.25) is 0 Å². The lowest BCUT2D eigenvalue weighted by Gasteiger charge is -2.18. The van der Waals surface area contributed by atoms with Crippen LogP contribution in [0.15, 0.2) is 22.7 Å². The van der Waals surface area contributed by atoms with Gasteiger partial charge in [0.25, 0.3) is 0 Å². The van der Waals surface area contributed by atoms with Gasteiger partial charge < -0.3 is 0 Å². The number of hydrogen-bond acceptors (Lipinski definition) is 3. The molecule has 5 nitrogen and oxygen atoms in total. The first-order valence-corrected chi connectivity index (χ1v) is 8.40. The van der Waals surface area contributed by atoms with Crippen molar-refractivity contribution < 1.29 is 13.2 Å². The normalized spacial score (nSPS) is 13.0. The molecule has 0 fully saturated rings. The van der Waals surface area contributed by atoms with Gasteiger partial charge in [-0.2, -0.15) is 18.3 Å². The molecule has 2 heterocycles. The summed E-state index contributed by atoms with van der Waals surface area (Å²) in [5.41, 5.74) is 1.47. The van der Waals surface area contributed by atoms with Gasteiger partial charge in [0.15, 0.2) is 5.69 Å². The average Bonchev–Trinajstić information content (AvgIpc) is 3.02. The van der Waals surface area contributed by atoms with Gasteiger partial charge in [0.1, 0.15) is 5.52 Å². The van der Waals surface area contributed by atoms with Crippen LogP contribution in [0, 0.1) is 5.41 Å². The zero-order valence-electron chi connectivity index (χ0n) is 14.2. The molecule has 0 amide bonds. The molecule has 0 bridgehead atoms. The molecule has 3 aromatic rings. The van der Waals surface area contributed by atoms with Crippen molar-refractivity contribution >= 4 is 27.0 Å². The molecular formula is C16H17BrF3N5. The van der Waals surface area contributed by atoms with Gasteiger partial charge in [-0.05, 0) is 39.5 Å². The number of alkyl halides is 3. The molecule has 0 atom stereocenters. The molecule has 9 heteroatoms. The van der Waals surface area contributed by atoms with Crippen LogP contribution in [0.25, 0.3) is 22.3 Å². The van der Waals surface area contributed by atoms with Gasteiger partial charge in [0, 0.05) is 19.2 Å². The summed E-state index contributed by atoms with van der Waals surface area (Å²) in [6, 6.07) is 4.61. The predicted molar refractivity (Wildman–Crippen MR) is 91.9 cm³/mol. The highest BCUT2D eigenvalue weighted by Gasteiger charge is 2.35. The number of halogens is 4. The number of hydrogen-bond donors (Lipinski definition) is 0. The fourth-order valence-electron chi connectivity index (χ4n) is 2.63. The van der Waals surface area contributed by atoms with Crippen LogP contribution in [0.5, 0.6) is 0 Å². The minimum absolute atomic E-state index is 0.0232. The predicted octanol–water partition coefficient (Wildman–Crippen LogP) is 4.66. The Labute approximate surface area is 150 Å². The summed E-state index contributed by atoms with van der Waals surface area (Å²) < 4.78 is 42.3. The molecule has 0 radical (unpaired) electrons. The first-order chi connectivity index (χ1) is 11.5. The van der Waals surface area contributed by atoms with Gasteiger partial charge >= 0.3 is 6.18 Å². The van der Waals surface area contributed by atoms with Crippen molar-refractivity contribution in [1.29, 1.82) is 0 Å². The monoisotopic (exact) mass is 415 g/mol. The molecule has 3 rings (SSSR count). The number of aryl methyl sites for hydroxylation is 1. The summed E-state index contributed by atoms with van der Waals surface area (Å²) >= 11 is 3.47. The number of nitrogens with zero attached hydrogens (tertiary/aromatic N) is 5. The summed E-state index contributed by atoms with van der Waals surface area (Å²) in [7, 11) is 1.48. The van der Waals surface area contributed by atoms with Crippen molar-refractivity contribution in [2.45, 2.75) is 33.5 Å². The van der Waals surface area contributed by atoms with Crippen molar-refractivity contribution in [2.24, 2.45) is 12.5 Å². The van der Waals surface area contributed by atoms with E-state index in [9.17, 15) is 13.2 Å². The zero-order valence-corrected chi connectivity index (χ0v) is 15.8. The Hall–Kier alpha value is -1.90. The molecular weight excluding hydrogens is 399 g/mol. The van der Waals surface area contributed by atoms with E-state index < -0.39 is 11.9 Å². The Balaban J connectivity index is 2.11. The lowest BCUT2D eigenvalue weighted by molar-refractivity contribution is -0.141. The van der Waals surface area contributed by atoms with E-state index in [0.29, 0.717) is 27.8 Å². The third-order valence-corrected chi connectivity index (χ3v) is 4.50. The van der Waals surface area contributed by atoms with Crippen LogP contribution >= 0.6 is 15.9 Å². The van der Waals surface area contributed by atoms with Gasteiger partial charge in [-0.25, -0.2) is 4.68 Å². The maximum absolute atomic E-state index is 12.9. The van der Waals surface area contributed by atoms with E-state index in [1.165, 1.54) is 11.7 Å². The van der Waals surface area contributed by atoms with E-state index in [4.69, 9.17) is 0 Å². The largest absolute Gasteiger partial charge is 0.435 e. The van der Waals surface area contributed by atoms with Gasteiger partial charge in [-0.15, -0.1) is 5.10 Å². The lowest BCUT2D eigenvalue weighted by Crippen LogP contribution is -2.16. The Morgan fingerprint density at radius 1 is 1.16 bits per heavy atom. The highest BCUT2D eigenvalue weighted by atomic mass is 79.9. The van der Waals surface area contributed by atoms with Crippen molar-refractivity contribution in [3.05, 3.63) is 28.4 Å². The maximum atomic E-state index is 12.9. The first-order valence-electron chi connectivity index (χ1n) is 7.61. The molecule has 0 unspecified atom stereocenters. The van der Waals surface area contributed by atoms with Crippen LogP contribution in [-0.2, 0) is 19.8 Å². The van der Waals surface area contributed by atoms with E-state index >= 15 is 0 Å². The van der Waals surface area contributed by atoms with Gasteiger partial charge in [0.05, 0.1) is 15.7 Å². The minimum Gasteiger partial charge on any atom is -0.267 e. The molecule has 0 saturated heterocycles. The SMILES string of the molecule is Cn1nc(C(F)(F)F)cc1-c1ccc2c(nnn2CC(C)(C)C)c1Br. The molecule has 134 valence electrons. The summed E-state index contributed by atoms with van der Waals surface area (Å²) in [4.78, 5) is 0. The Kier molecular flexibility index (Phi) is 4.17. The number of rotatable bonds is 2. The van der Waals surface area contributed by atoms with Gasteiger partial charge in [-0.1, -0.05) is 26.0 Å². The third-order valence-electron chi connectivity index (χ3n) is 3.70. The standard InChI is InChI=1S/C16H17BrF3N5/c1-15(2,3)8-25-10-6-5-9(13(17)14(10)21-23-25)11-7-12(16(18,19)20)22-24(11)4/h5-7H,8H2,1-4H3. The first kappa shape index (κ1) is 17.9. The van der Waals surface area contributed by atoms with Crippen molar-refractivity contribution in [2.75, 3.05) is 0 Å². The smallest absolute Gasteiger partial charge is 0.267 e. The second kappa shape index (κ2) is 5.82. The Bertz CT molecular complexity index is 934. The molecule has 25 heavy (non-hydrogen) atoms. The lowest BCUT2D eigenvalue weighted by atomic mass is 9.97. The molecule has 0 aliphatic carbocycles. The van der Waals surface area contributed by atoms with E-state index in [1.54, 1.807) is 10.7 Å².